The fourth-order valence-electron chi connectivity index (χ4n) is 4.56. The van der Waals surface area contributed by atoms with E-state index in [2.05, 4.69) is 0 Å². The molecule has 0 aliphatic carbocycles. The third-order valence-electron chi connectivity index (χ3n) is 6.46. The van der Waals surface area contributed by atoms with Crippen LogP contribution in [0.15, 0.2) is 24.3 Å². The highest BCUT2D eigenvalue weighted by molar-refractivity contribution is 5.79. The molecule has 1 aromatic carbocycles. The molecule has 0 saturated carbocycles. The molecule has 2 amide bonds. The lowest BCUT2D eigenvalue weighted by atomic mass is 9.96. The van der Waals surface area contributed by atoms with Gasteiger partial charge >= 0.3 is 0 Å². The fourth-order valence-corrected chi connectivity index (χ4v) is 4.56. The maximum atomic E-state index is 13.3. The highest BCUT2D eigenvalue weighted by Crippen LogP contribution is 2.27. The van der Waals surface area contributed by atoms with E-state index in [1.165, 1.54) is 12.1 Å². The van der Waals surface area contributed by atoms with Gasteiger partial charge in [-0.15, -0.1) is 0 Å². The number of nitrogens with zero attached hydrogens (tertiary/aromatic N) is 2. The summed E-state index contributed by atoms with van der Waals surface area (Å²) in [5.74, 6) is 0.130. The van der Waals surface area contributed by atoms with Crippen molar-refractivity contribution < 1.29 is 32.9 Å². The minimum absolute atomic E-state index is 0.0405. The van der Waals surface area contributed by atoms with E-state index < -0.39 is 5.60 Å². The highest BCUT2D eigenvalue weighted by atomic mass is 19.1. The minimum atomic E-state index is -0.971. The zero-order valence-electron chi connectivity index (χ0n) is 19.0. The van der Waals surface area contributed by atoms with Crippen LogP contribution in [0.5, 0.6) is 5.75 Å². The molecule has 0 unspecified atom stereocenters. The van der Waals surface area contributed by atoms with Crippen LogP contribution >= 0.6 is 0 Å². The number of amides is 2. The lowest BCUT2D eigenvalue weighted by molar-refractivity contribution is -0.167. The molecule has 3 aliphatic heterocycles. The van der Waals surface area contributed by atoms with Gasteiger partial charge in [0.15, 0.2) is 0 Å². The van der Waals surface area contributed by atoms with E-state index in [9.17, 15) is 14.0 Å². The molecule has 1 aromatic rings. The third-order valence-corrected chi connectivity index (χ3v) is 6.46. The standard InChI is InChI=1S/C24H33FN2O6/c25-19-3-5-21(6-4-19)32-18-24(16-23(29)26-9-13-30-14-10-26)17-27(11-15-33-24)22(28)8-7-20-2-1-12-31-20/h3-6,20H,1-2,7-18H2/t20-,24+/m0/s1. The number of ether oxygens (including phenoxy) is 4. The van der Waals surface area contributed by atoms with Crippen molar-refractivity contribution in [1.29, 1.82) is 0 Å². The number of rotatable bonds is 8. The van der Waals surface area contributed by atoms with Crippen molar-refractivity contribution in [3.63, 3.8) is 0 Å². The van der Waals surface area contributed by atoms with Crippen LogP contribution in [0.3, 0.4) is 0 Å². The lowest BCUT2D eigenvalue weighted by Crippen LogP contribution is -2.58. The van der Waals surface area contributed by atoms with Crippen LogP contribution < -0.4 is 4.74 Å². The average Bonchev–Trinajstić information content (AvgIpc) is 3.37. The van der Waals surface area contributed by atoms with E-state index in [-0.39, 0.29) is 43.3 Å². The van der Waals surface area contributed by atoms with Gasteiger partial charge in [0.2, 0.25) is 11.8 Å². The van der Waals surface area contributed by atoms with Gasteiger partial charge < -0.3 is 28.7 Å². The van der Waals surface area contributed by atoms with Crippen molar-refractivity contribution in [2.45, 2.75) is 43.8 Å². The first kappa shape index (κ1) is 23.9. The second-order valence-corrected chi connectivity index (χ2v) is 8.93. The van der Waals surface area contributed by atoms with E-state index in [1.54, 1.807) is 21.9 Å². The molecule has 0 bridgehead atoms. The second kappa shape index (κ2) is 11.3. The molecular formula is C24H33FN2O6. The number of benzene rings is 1. The summed E-state index contributed by atoms with van der Waals surface area (Å²) in [7, 11) is 0. The molecular weight excluding hydrogens is 431 g/mol. The van der Waals surface area contributed by atoms with Crippen LogP contribution in [-0.2, 0) is 23.8 Å². The molecule has 33 heavy (non-hydrogen) atoms. The van der Waals surface area contributed by atoms with Crippen LogP contribution in [0, 0.1) is 5.82 Å². The van der Waals surface area contributed by atoms with E-state index in [1.807, 2.05) is 0 Å². The first-order valence-corrected chi connectivity index (χ1v) is 11.8. The normalized spacial score (nSPS) is 25.8. The van der Waals surface area contributed by atoms with Gasteiger partial charge in [-0.3, -0.25) is 9.59 Å². The summed E-state index contributed by atoms with van der Waals surface area (Å²) in [6, 6.07) is 5.73. The quantitative estimate of drug-likeness (QED) is 0.586. The maximum Gasteiger partial charge on any atom is 0.225 e. The van der Waals surface area contributed by atoms with Gasteiger partial charge in [0.25, 0.3) is 0 Å². The Morgan fingerprint density at radius 3 is 2.52 bits per heavy atom. The van der Waals surface area contributed by atoms with Crippen LogP contribution in [0.4, 0.5) is 4.39 Å². The molecule has 3 saturated heterocycles. The zero-order valence-corrected chi connectivity index (χ0v) is 19.0. The van der Waals surface area contributed by atoms with Gasteiger partial charge in [-0.05, 0) is 43.5 Å². The van der Waals surface area contributed by atoms with Crippen molar-refractivity contribution >= 4 is 11.8 Å². The summed E-state index contributed by atoms with van der Waals surface area (Å²) in [5.41, 5.74) is -0.971. The van der Waals surface area contributed by atoms with Gasteiger partial charge in [0, 0.05) is 32.7 Å². The molecule has 182 valence electrons. The molecule has 0 spiro atoms. The number of halogens is 1. The largest absolute Gasteiger partial charge is 0.490 e. The predicted molar refractivity (Wildman–Crippen MR) is 117 cm³/mol. The van der Waals surface area contributed by atoms with E-state index in [4.69, 9.17) is 18.9 Å². The Bertz CT molecular complexity index is 795. The molecule has 0 N–H and O–H groups in total. The van der Waals surface area contributed by atoms with Crippen molar-refractivity contribution in [3.05, 3.63) is 30.1 Å². The highest BCUT2D eigenvalue weighted by Gasteiger charge is 2.42. The van der Waals surface area contributed by atoms with Crippen molar-refractivity contribution in [2.24, 2.45) is 0 Å². The van der Waals surface area contributed by atoms with Crippen LogP contribution in [0.1, 0.15) is 32.1 Å². The summed E-state index contributed by atoms with van der Waals surface area (Å²) >= 11 is 0. The fraction of sp³-hybridized carbons (Fsp3) is 0.667. The number of hydrogen-bond donors (Lipinski definition) is 0. The second-order valence-electron chi connectivity index (χ2n) is 8.93. The Kier molecular flexibility index (Phi) is 8.16. The number of morpholine rings is 2. The van der Waals surface area contributed by atoms with E-state index in [0.29, 0.717) is 58.0 Å². The van der Waals surface area contributed by atoms with E-state index >= 15 is 0 Å². The van der Waals surface area contributed by atoms with Crippen LogP contribution in [-0.4, -0.2) is 92.5 Å². The smallest absolute Gasteiger partial charge is 0.225 e. The Labute approximate surface area is 193 Å². The first-order valence-electron chi connectivity index (χ1n) is 11.8. The Morgan fingerprint density at radius 2 is 1.79 bits per heavy atom. The summed E-state index contributed by atoms with van der Waals surface area (Å²) in [4.78, 5) is 29.6. The first-order chi connectivity index (χ1) is 16.0. The molecule has 3 aliphatic rings. The van der Waals surface area contributed by atoms with Gasteiger partial charge in [0.1, 0.15) is 23.8 Å². The molecule has 4 rings (SSSR count). The monoisotopic (exact) mass is 464 g/mol. The topological polar surface area (TPSA) is 77.5 Å². The molecule has 0 aromatic heterocycles. The molecule has 3 fully saturated rings. The van der Waals surface area contributed by atoms with Crippen molar-refractivity contribution in [3.8, 4) is 5.75 Å². The van der Waals surface area contributed by atoms with Gasteiger partial charge in [-0.25, -0.2) is 4.39 Å². The molecule has 3 heterocycles. The molecule has 8 nitrogen and oxygen atoms in total. The Balaban J connectivity index is 1.42. The van der Waals surface area contributed by atoms with Crippen molar-refractivity contribution in [2.75, 3.05) is 59.2 Å². The van der Waals surface area contributed by atoms with Gasteiger partial charge in [-0.2, -0.15) is 0 Å². The summed E-state index contributed by atoms with van der Waals surface area (Å²) in [6.07, 6.45) is 3.43. The number of hydrogen-bond acceptors (Lipinski definition) is 6. The van der Waals surface area contributed by atoms with Gasteiger partial charge in [0.05, 0.1) is 38.9 Å². The molecule has 2 atom stereocenters. The summed E-state index contributed by atoms with van der Waals surface area (Å²) in [6.45, 7) is 4.04. The lowest BCUT2D eigenvalue weighted by Gasteiger charge is -2.43. The number of carbonyl (C=O) groups is 2. The Hall–Kier alpha value is -2.23. The molecule has 9 heteroatoms. The van der Waals surface area contributed by atoms with Crippen LogP contribution in [0.2, 0.25) is 0 Å². The maximum absolute atomic E-state index is 13.3. The summed E-state index contributed by atoms with van der Waals surface area (Å²) < 4.78 is 36.3. The SMILES string of the molecule is O=C(C[C@]1(COc2ccc(F)cc2)CN(C(=O)CC[C@@H]2CCCO2)CCO1)N1CCOCC1. The molecule has 0 radical (unpaired) electrons. The third kappa shape index (κ3) is 6.65. The zero-order chi connectivity index (χ0) is 23.1. The minimum Gasteiger partial charge on any atom is -0.490 e. The summed E-state index contributed by atoms with van der Waals surface area (Å²) in [5, 5.41) is 0. The predicted octanol–water partition coefficient (Wildman–Crippen LogP) is 2.01. The average molecular weight is 465 g/mol. The van der Waals surface area contributed by atoms with E-state index in [0.717, 1.165) is 19.4 Å². The van der Waals surface area contributed by atoms with Crippen LogP contribution in [0.25, 0.3) is 0 Å². The van der Waals surface area contributed by atoms with Gasteiger partial charge in [-0.1, -0.05) is 0 Å². The number of carbonyl (C=O) groups excluding carboxylic acids is 2. The Morgan fingerprint density at radius 1 is 1.03 bits per heavy atom. The van der Waals surface area contributed by atoms with Crippen molar-refractivity contribution in [1.82, 2.24) is 9.80 Å².